The van der Waals surface area contributed by atoms with Gasteiger partial charge in [-0.2, -0.15) is 4.31 Å². The molecular weight excluding hydrogens is 337 g/mol. The molecule has 0 fully saturated rings. The highest BCUT2D eigenvalue weighted by molar-refractivity contribution is 9.10. The zero-order valence-corrected chi connectivity index (χ0v) is 12.4. The number of benzene rings is 1. The Morgan fingerprint density at radius 2 is 2.06 bits per heavy atom. The zero-order chi connectivity index (χ0) is 12.3. The maximum Gasteiger partial charge on any atom is 0.242 e. The van der Waals surface area contributed by atoms with Crippen LogP contribution in [0.1, 0.15) is 0 Å². The molecule has 7 heteroatoms. The van der Waals surface area contributed by atoms with E-state index >= 15 is 0 Å². The fourth-order valence-electron chi connectivity index (χ4n) is 1.06. The van der Waals surface area contributed by atoms with Crippen LogP contribution in [0.4, 0.5) is 0 Å². The van der Waals surface area contributed by atoms with E-state index in [4.69, 9.17) is 23.2 Å². The Labute approximate surface area is 114 Å². The average Bonchev–Trinajstić information content (AvgIpc) is 2.22. The van der Waals surface area contributed by atoms with E-state index in [2.05, 4.69) is 15.9 Å². The number of alkyl halides is 1. The van der Waals surface area contributed by atoms with Crippen molar-refractivity contribution in [1.82, 2.24) is 4.31 Å². The summed E-state index contributed by atoms with van der Waals surface area (Å²) in [6, 6.07) is 4.47. The first-order valence-corrected chi connectivity index (χ1v) is 7.51. The molecule has 1 rings (SSSR count). The van der Waals surface area contributed by atoms with Gasteiger partial charge < -0.3 is 0 Å². The maximum absolute atomic E-state index is 12.0. The van der Waals surface area contributed by atoms with E-state index in [1.807, 2.05) is 0 Å². The van der Waals surface area contributed by atoms with Gasteiger partial charge in [0, 0.05) is 23.9 Å². The van der Waals surface area contributed by atoms with Crippen molar-refractivity contribution in [2.45, 2.75) is 4.90 Å². The molecule has 0 radical (unpaired) electrons. The first-order valence-electron chi connectivity index (χ1n) is 4.37. The molecule has 0 saturated carbocycles. The highest BCUT2D eigenvalue weighted by Gasteiger charge is 2.20. The van der Waals surface area contributed by atoms with Crippen LogP contribution in [0.15, 0.2) is 27.6 Å². The monoisotopic (exact) mass is 345 g/mol. The topological polar surface area (TPSA) is 37.4 Å². The summed E-state index contributed by atoms with van der Waals surface area (Å²) in [4.78, 5) is 0.191. The quantitative estimate of drug-likeness (QED) is 0.786. The predicted octanol–water partition coefficient (Wildman–Crippen LogP) is 2.96. The maximum atomic E-state index is 12.0. The molecule has 1 aromatic rings. The molecule has 0 aliphatic rings. The zero-order valence-electron chi connectivity index (χ0n) is 8.45. The van der Waals surface area contributed by atoms with Crippen molar-refractivity contribution >= 4 is 49.2 Å². The largest absolute Gasteiger partial charge is 0.242 e. The summed E-state index contributed by atoms with van der Waals surface area (Å²) in [5.74, 6) is 0.254. The second-order valence-electron chi connectivity index (χ2n) is 3.09. The number of halogens is 3. The van der Waals surface area contributed by atoms with Crippen molar-refractivity contribution < 1.29 is 8.42 Å². The lowest BCUT2D eigenvalue weighted by Crippen LogP contribution is -2.28. The third-order valence-electron chi connectivity index (χ3n) is 2.00. The standard InChI is InChI=1S/C9H10BrCl2NO2S/c1-13(5-4-11)16(14,15)7-2-3-9(12)8(10)6-7/h2-3,6H,4-5H2,1H3. The molecule has 90 valence electrons. The molecule has 0 unspecified atom stereocenters. The number of hydrogen-bond acceptors (Lipinski definition) is 2. The predicted molar refractivity (Wildman–Crippen MR) is 69.7 cm³/mol. The fraction of sp³-hybridized carbons (Fsp3) is 0.333. The first kappa shape index (κ1) is 14.3. The molecule has 0 bridgehead atoms. The highest BCUT2D eigenvalue weighted by atomic mass is 79.9. The van der Waals surface area contributed by atoms with Gasteiger partial charge in [-0.3, -0.25) is 0 Å². The van der Waals surface area contributed by atoms with Gasteiger partial charge in [0.1, 0.15) is 0 Å². The van der Waals surface area contributed by atoms with E-state index in [-0.39, 0.29) is 17.3 Å². The molecule has 0 spiro atoms. The molecule has 3 nitrogen and oxygen atoms in total. The smallest absolute Gasteiger partial charge is 0.207 e. The third-order valence-corrected chi connectivity index (χ3v) is 5.23. The Kier molecular flexibility index (Phi) is 5.07. The van der Waals surface area contributed by atoms with Gasteiger partial charge in [-0.1, -0.05) is 11.6 Å². The second-order valence-corrected chi connectivity index (χ2v) is 6.78. The first-order chi connectivity index (χ1) is 7.39. The van der Waals surface area contributed by atoms with Crippen LogP contribution in [0, 0.1) is 0 Å². The van der Waals surface area contributed by atoms with Crippen LogP contribution in [0.2, 0.25) is 5.02 Å². The SMILES string of the molecule is CN(CCCl)S(=O)(=O)c1ccc(Cl)c(Br)c1. The van der Waals surface area contributed by atoms with E-state index < -0.39 is 10.0 Å². The molecule has 0 aliphatic heterocycles. The van der Waals surface area contributed by atoms with Crippen LogP contribution >= 0.6 is 39.1 Å². The molecule has 0 atom stereocenters. The summed E-state index contributed by atoms with van der Waals surface area (Å²) >= 11 is 14.5. The summed E-state index contributed by atoms with van der Waals surface area (Å²) in [5, 5.41) is 0.471. The molecule has 0 aromatic heterocycles. The van der Waals surface area contributed by atoms with E-state index in [9.17, 15) is 8.42 Å². The molecule has 0 aliphatic carbocycles. The van der Waals surface area contributed by atoms with E-state index in [0.29, 0.717) is 9.50 Å². The Morgan fingerprint density at radius 3 is 2.56 bits per heavy atom. The van der Waals surface area contributed by atoms with Crippen molar-refractivity contribution in [3.8, 4) is 0 Å². The van der Waals surface area contributed by atoms with Crippen LogP contribution in [-0.4, -0.2) is 32.2 Å². The van der Waals surface area contributed by atoms with Gasteiger partial charge in [-0.25, -0.2) is 8.42 Å². The molecule has 16 heavy (non-hydrogen) atoms. The van der Waals surface area contributed by atoms with Gasteiger partial charge in [0.05, 0.1) is 9.92 Å². The summed E-state index contributed by atoms with van der Waals surface area (Å²) in [6.07, 6.45) is 0. The lowest BCUT2D eigenvalue weighted by Gasteiger charge is -2.15. The van der Waals surface area contributed by atoms with Crippen LogP contribution in [-0.2, 0) is 10.0 Å². The van der Waals surface area contributed by atoms with Gasteiger partial charge in [0.2, 0.25) is 10.0 Å². The van der Waals surface area contributed by atoms with Gasteiger partial charge in [-0.15, -0.1) is 11.6 Å². The van der Waals surface area contributed by atoms with E-state index in [0.717, 1.165) is 0 Å². The van der Waals surface area contributed by atoms with Crippen molar-refractivity contribution in [3.05, 3.63) is 27.7 Å². The van der Waals surface area contributed by atoms with Gasteiger partial charge in [0.25, 0.3) is 0 Å². The fourth-order valence-corrected chi connectivity index (χ4v) is 3.26. The molecular formula is C9H10BrCl2NO2S. The number of rotatable bonds is 4. The van der Waals surface area contributed by atoms with Crippen LogP contribution in [0.5, 0.6) is 0 Å². The van der Waals surface area contributed by atoms with E-state index in [1.165, 1.54) is 29.6 Å². The lowest BCUT2D eigenvalue weighted by atomic mass is 10.4. The average molecular weight is 347 g/mol. The summed E-state index contributed by atoms with van der Waals surface area (Å²) < 4.78 is 25.7. The van der Waals surface area contributed by atoms with Crippen molar-refractivity contribution in [1.29, 1.82) is 0 Å². The van der Waals surface area contributed by atoms with Crippen molar-refractivity contribution in [2.75, 3.05) is 19.5 Å². The minimum absolute atomic E-state index is 0.191. The van der Waals surface area contributed by atoms with Gasteiger partial charge >= 0.3 is 0 Å². The van der Waals surface area contributed by atoms with Crippen molar-refractivity contribution in [3.63, 3.8) is 0 Å². The number of sulfonamides is 1. The molecule has 0 N–H and O–H groups in total. The van der Waals surface area contributed by atoms with Gasteiger partial charge in [-0.05, 0) is 34.1 Å². The lowest BCUT2D eigenvalue weighted by molar-refractivity contribution is 0.488. The van der Waals surface area contributed by atoms with Gasteiger partial charge in [0.15, 0.2) is 0 Å². The highest BCUT2D eigenvalue weighted by Crippen LogP contribution is 2.26. The summed E-state index contributed by atoms with van der Waals surface area (Å²) in [5.41, 5.74) is 0. The van der Waals surface area contributed by atoms with Crippen LogP contribution in [0.3, 0.4) is 0 Å². The minimum atomic E-state index is -3.48. The summed E-state index contributed by atoms with van der Waals surface area (Å²) in [7, 11) is -1.99. The second kappa shape index (κ2) is 5.69. The number of nitrogens with zero attached hydrogens (tertiary/aromatic N) is 1. The number of hydrogen-bond donors (Lipinski definition) is 0. The Bertz CT molecular complexity index is 478. The Hall–Kier alpha value is 0.190. The minimum Gasteiger partial charge on any atom is -0.207 e. The molecule has 0 saturated heterocycles. The normalized spacial score (nSPS) is 12.1. The Morgan fingerprint density at radius 1 is 1.44 bits per heavy atom. The van der Waals surface area contributed by atoms with Crippen LogP contribution < -0.4 is 0 Å². The summed E-state index contributed by atoms with van der Waals surface area (Å²) in [6.45, 7) is 0.268. The molecule has 0 heterocycles. The Balaban J connectivity index is 3.12. The van der Waals surface area contributed by atoms with E-state index in [1.54, 1.807) is 0 Å². The van der Waals surface area contributed by atoms with Crippen molar-refractivity contribution in [2.24, 2.45) is 0 Å². The molecule has 0 amide bonds. The molecule has 1 aromatic carbocycles. The van der Waals surface area contributed by atoms with Crippen LogP contribution in [0.25, 0.3) is 0 Å². The third kappa shape index (κ3) is 3.11.